The highest BCUT2D eigenvalue weighted by molar-refractivity contribution is 7.22. The zero-order chi connectivity index (χ0) is 18.1. The number of thiazole rings is 1. The number of nitrogens with zero attached hydrogens (tertiary/aromatic N) is 2. The fraction of sp³-hybridized carbons (Fsp3) is 0.278. The molecule has 1 aromatic carbocycles. The van der Waals surface area contributed by atoms with Crippen LogP contribution in [0.1, 0.15) is 16.8 Å². The second-order valence-corrected chi connectivity index (χ2v) is 7.17. The summed E-state index contributed by atoms with van der Waals surface area (Å²) in [7, 11) is 1.62. The van der Waals surface area contributed by atoms with Crippen LogP contribution in [-0.4, -0.2) is 42.5 Å². The summed E-state index contributed by atoms with van der Waals surface area (Å²) in [5.41, 5.74) is 1.38. The molecule has 0 unspecified atom stereocenters. The fourth-order valence-electron chi connectivity index (χ4n) is 3.21. The monoisotopic (exact) mass is 370 g/mol. The summed E-state index contributed by atoms with van der Waals surface area (Å²) in [5, 5.41) is 6.48. The molecule has 1 saturated heterocycles. The second kappa shape index (κ2) is 6.80. The SMILES string of the molecule is CNC(=O)[C@@H]1C[C@@H](NC(=O)c2ccoc2)CN1c1nc2ccccc2s1. The maximum absolute atomic E-state index is 12.4. The number of benzene rings is 1. The molecule has 2 atom stereocenters. The van der Waals surface area contributed by atoms with Crippen molar-refractivity contribution in [3.8, 4) is 0 Å². The first-order valence-electron chi connectivity index (χ1n) is 8.32. The Labute approximate surface area is 154 Å². The highest BCUT2D eigenvalue weighted by atomic mass is 32.1. The number of fused-ring (bicyclic) bond motifs is 1. The third-order valence-corrected chi connectivity index (χ3v) is 5.57. The van der Waals surface area contributed by atoms with Gasteiger partial charge in [0.1, 0.15) is 12.3 Å². The van der Waals surface area contributed by atoms with Crippen LogP contribution in [0.15, 0.2) is 47.3 Å². The molecule has 0 spiro atoms. The summed E-state index contributed by atoms with van der Waals surface area (Å²) >= 11 is 1.55. The molecule has 2 N–H and O–H groups in total. The van der Waals surface area contributed by atoms with Crippen molar-refractivity contribution in [2.45, 2.75) is 18.5 Å². The van der Waals surface area contributed by atoms with Gasteiger partial charge in [-0.2, -0.15) is 0 Å². The molecule has 0 radical (unpaired) electrons. The maximum Gasteiger partial charge on any atom is 0.254 e. The van der Waals surface area contributed by atoms with Gasteiger partial charge in [0.2, 0.25) is 5.91 Å². The Morgan fingerprint density at radius 2 is 2.15 bits per heavy atom. The smallest absolute Gasteiger partial charge is 0.254 e. The minimum absolute atomic E-state index is 0.0793. The van der Waals surface area contributed by atoms with E-state index in [1.165, 1.54) is 12.5 Å². The van der Waals surface area contributed by atoms with Gasteiger partial charge in [-0.3, -0.25) is 9.59 Å². The predicted octanol–water partition coefficient (Wildman–Crippen LogP) is 2.01. The standard InChI is InChI=1S/C18H18N4O3S/c1-19-17(24)14-8-12(20-16(23)11-6-7-25-10-11)9-22(14)18-21-13-4-2-3-5-15(13)26-18/h2-7,10,12,14H,8-9H2,1H3,(H,19,24)(H,20,23)/t12-,14+/m1/s1. The molecule has 7 nitrogen and oxygen atoms in total. The van der Waals surface area contributed by atoms with Gasteiger partial charge < -0.3 is 20.0 Å². The Balaban J connectivity index is 1.57. The highest BCUT2D eigenvalue weighted by Gasteiger charge is 2.38. The van der Waals surface area contributed by atoms with Crippen LogP contribution in [0.3, 0.4) is 0 Å². The molecule has 3 heterocycles. The quantitative estimate of drug-likeness (QED) is 0.734. The number of likely N-dealkylation sites (N-methyl/N-ethyl adjacent to an activating group) is 1. The minimum Gasteiger partial charge on any atom is -0.472 e. The molecule has 26 heavy (non-hydrogen) atoms. The molecule has 2 aromatic heterocycles. The number of rotatable bonds is 4. The molecule has 1 aliphatic rings. The van der Waals surface area contributed by atoms with Crippen LogP contribution in [0.2, 0.25) is 0 Å². The number of anilines is 1. The molecular formula is C18H18N4O3S. The van der Waals surface area contributed by atoms with E-state index in [1.807, 2.05) is 29.2 Å². The zero-order valence-corrected chi connectivity index (χ0v) is 15.0. The summed E-state index contributed by atoms with van der Waals surface area (Å²) in [6.45, 7) is 0.529. The van der Waals surface area contributed by atoms with Gasteiger partial charge in [-0.05, 0) is 24.6 Å². The van der Waals surface area contributed by atoms with E-state index in [2.05, 4.69) is 15.6 Å². The second-order valence-electron chi connectivity index (χ2n) is 6.16. The number of hydrogen-bond acceptors (Lipinski definition) is 6. The van der Waals surface area contributed by atoms with Crippen LogP contribution in [-0.2, 0) is 4.79 Å². The van der Waals surface area contributed by atoms with Crippen molar-refractivity contribution in [1.82, 2.24) is 15.6 Å². The van der Waals surface area contributed by atoms with Gasteiger partial charge in [0, 0.05) is 19.6 Å². The van der Waals surface area contributed by atoms with Gasteiger partial charge in [0.15, 0.2) is 5.13 Å². The molecule has 0 saturated carbocycles. The van der Waals surface area contributed by atoms with E-state index >= 15 is 0 Å². The summed E-state index contributed by atoms with van der Waals surface area (Å²) in [5.74, 6) is -0.283. The van der Waals surface area contributed by atoms with Gasteiger partial charge in [-0.1, -0.05) is 23.5 Å². The van der Waals surface area contributed by atoms with E-state index in [1.54, 1.807) is 24.5 Å². The minimum atomic E-state index is -0.366. The largest absolute Gasteiger partial charge is 0.472 e. The number of amides is 2. The fourth-order valence-corrected chi connectivity index (χ4v) is 4.24. The predicted molar refractivity (Wildman–Crippen MR) is 99.4 cm³/mol. The van der Waals surface area contributed by atoms with Crippen LogP contribution < -0.4 is 15.5 Å². The normalized spacial score (nSPS) is 19.7. The molecular weight excluding hydrogens is 352 g/mol. The van der Waals surface area contributed by atoms with E-state index in [9.17, 15) is 9.59 Å². The van der Waals surface area contributed by atoms with Crippen LogP contribution in [0.4, 0.5) is 5.13 Å². The topological polar surface area (TPSA) is 87.5 Å². The number of hydrogen-bond donors (Lipinski definition) is 2. The third-order valence-electron chi connectivity index (χ3n) is 4.50. The number of furan rings is 1. The lowest BCUT2D eigenvalue weighted by Gasteiger charge is -2.22. The number of para-hydroxylation sites is 1. The van der Waals surface area contributed by atoms with Crippen molar-refractivity contribution in [2.24, 2.45) is 0 Å². The molecule has 3 aromatic rings. The number of aromatic nitrogens is 1. The Morgan fingerprint density at radius 1 is 1.31 bits per heavy atom. The van der Waals surface area contributed by atoms with E-state index in [0.717, 1.165) is 15.3 Å². The summed E-state index contributed by atoms with van der Waals surface area (Å²) in [4.78, 5) is 31.3. The Hall–Kier alpha value is -2.87. The van der Waals surface area contributed by atoms with Crippen molar-refractivity contribution in [3.63, 3.8) is 0 Å². The van der Waals surface area contributed by atoms with E-state index in [-0.39, 0.29) is 23.9 Å². The third kappa shape index (κ3) is 3.03. The Morgan fingerprint density at radius 3 is 2.88 bits per heavy atom. The van der Waals surface area contributed by atoms with Crippen molar-refractivity contribution in [1.29, 1.82) is 0 Å². The van der Waals surface area contributed by atoms with E-state index in [4.69, 9.17) is 4.42 Å². The first kappa shape index (κ1) is 16.6. The molecule has 134 valence electrons. The molecule has 4 rings (SSSR count). The first-order valence-corrected chi connectivity index (χ1v) is 9.14. The lowest BCUT2D eigenvalue weighted by molar-refractivity contribution is -0.121. The molecule has 1 fully saturated rings. The van der Waals surface area contributed by atoms with Gasteiger partial charge in [0.05, 0.1) is 22.0 Å². The van der Waals surface area contributed by atoms with Crippen molar-refractivity contribution < 1.29 is 14.0 Å². The van der Waals surface area contributed by atoms with Crippen molar-refractivity contribution in [2.75, 3.05) is 18.5 Å². The van der Waals surface area contributed by atoms with Gasteiger partial charge in [-0.15, -0.1) is 0 Å². The average molecular weight is 370 g/mol. The lowest BCUT2D eigenvalue weighted by Crippen LogP contribution is -2.42. The van der Waals surface area contributed by atoms with E-state index in [0.29, 0.717) is 18.5 Å². The van der Waals surface area contributed by atoms with Crippen LogP contribution >= 0.6 is 11.3 Å². The average Bonchev–Trinajstić information content (AvgIpc) is 3.38. The number of carbonyl (C=O) groups is 2. The maximum atomic E-state index is 12.4. The van der Waals surface area contributed by atoms with Gasteiger partial charge in [0.25, 0.3) is 5.91 Å². The molecule has 8 heteroatoms. The van der Waals surface area contributed by atoms with Crippen LogP contribution in [0.25, 0.3) is 10.2 Å². The molecule has 0 bridgehead atoms. The number of carbonyl (C=O) groups excluding carboxylic acids is 2. The van der Waals surface area contributed by atoms with E-state index < -0.39 is 0 Å². The Kier molecular flexibility index (Phi) is 4.34. The first-order chi connectivity index (χ1) is 12.7. The van der Waals surface area contributed by atoms with Crippen LogP contribution in [0, 0.1) is 0 Å². The van der Waals surface area contributed by atoms with Crippen molar-refractivity contribution in [3.05, 3.63) is 48.4 Å². The lowest BCUT2D eigenvalue weighted by atomic mass is 10.1. The van der Waals surface area contributed by atoms with Gasteiger partial charge >= 0.3 is 0 Å². The van der Waals surface area contributed by atoms with Crippen molar-refractivity contribution >= 4 is 38.5 Å². The molecule has 1 aliphatic heterocycles. The summed E-state index contributed by atoms with van der Waals surface area (Å²) < 4.78 is 6.03. The Bertz CT molecular complexity index is 904. The summed E-state index contributed by atoms with van der Waals surface area (Å²) in [6.07, 6.45) is 3.40. The zero-order valence-electron chi connectivity index (χ0n) is 14.1. The summed E-state index contributed by atoms with van der Waals surface area (Å²) in [6, 6.07) is 8.99. The molecule has 2 amide bonds. The molecule has 0 aliphatic carbocycles. The van der Waals surface area contributed by atoms with Crippen LogP contribution in [0.5, 0.6) is 0 Å². The van der Waals surface area contributed by atoms with Gasteiger partial charge in [-0.25, -0.2) is 4.98 Å². The highest BCUT2D eigenvalue weighted by Crippen LogP contribution is 2.33. The number of nitrogens with one attached hydrogen (secondary N) is 2.